The van der Waals surface area contributed by atoms with Gasteiger partial charge in [0.25, 0.3) is 5.91 Å². The average molecular weight is 404 g/mol. The van der Waals surface area contributed by atoms with E-state index in [2.05, 4.69) is 52.1 Å². The van der Waals surface area contributed by atoms with E-state index in [1.165, 1.54) is 11.1 Å². The van der Waals surface area contributed by atoms with E-state index < -0.39 is 0 Å². The van der Waals surface area contributed by atoms with E-state index in [1.54, 1.807) is 6.21 Å². The fraction of sp³-hybridized carbons (Fsp3) is 0.292. The first-order valence-corrected chi connectivity index (χ1v) is 10.1. The van der Waals surface area contributed by atoms with Gasteiger partial charge in [0.15, 0.2) is 0 Å². The molecule has 0 unspecified atom stereocenters. The lowest BCUT2D eigenvalue weighted by Gasteiger charge is -2.13. The van der Waals surface area contributed by atoms with Crippen molar-refractivity contribution >= 4 is 17.8 Å². The fourth-order valence-corrected chi connectivity index (χ4v) is 3.64. The topological polar surface area (TPSA) is 71.3 Å². The second kappa shape index (κ2) is 9.39. The molecule has 0 atom stereocenters. The summed E-state index contributed by atoms with van der Waals surface area (Å²) in [5, 5.41) is 12.0. The number of anilines is 1. The maximum Gasteiger partial charge on any atom is 0.259 e. The Morgan fingerprint density at radius 2 is 1.73 bits per heavy atom. The zero-order chi connectivity index (χ0) is 21.7. The third kappa shape index (κ3) is 5.14. The summed E-state index contributed by atoms with van der Waals surface area (Å²) < 4.78 is 1.96. The number of rotatable bonds is 7. The van der Waals surface area contributed by atoms with E-state index in [1.807, 2.05) is 50.6 Å². The predicted octanol–water partition coefficient (Wildman–Crippen LogP) is 4.04. The van der Waals surface area contributed by atoms with Crippen molar-refractivity contribution in [2.75, 3.05) is 11.9 Å². The normalized spacial score (nSPS) is 11.1. The number of benzene rings is 2. The van der Waals surface area contributed by atoms with Gasteiger partial charge in [-0.3, -0.25) is 9.48 Å². The summed E-state index contributed by atoms with van der Waals surface area (Å²) in [7, 11) is 0. The second-order valence-electron chi connectivity index (χ2n) is 7.65. The van der Waals surface area contributed by atoms with Gasteiger partial charge in [0.1, 0.15) is 0 Å². The Hall–Kier alpha value is -3.41. The van der Waals surface area contributed by atoms with Gasteiger partial charge in [-0.05, 0) is 51.3 Å². The second-order valence-corrected chi connectivity index (χ2v) is 7.65. The van der Waals surface area contributed by atoms with Crippen molar-refractivity contribution in [1.29, 1.82) is 0 Å². The van der Waals surface area contributed by atoms with Crippen molar-refractivity contribution in [2.45, 2.75) is 41.2 Å². The molecule has 0 saturated carbocycles. The van der Waals surface area contributed by atoms with Crippen LogP contribution in [-0.2, 0) is 11.3 Å². The highest BCUT2D eigenvalue weighted by atomic mass is 16.2. The first-order valence-electron chi connectivity index (χ1n) is 10.1. The van der Waals surface area contributed by atoms with Crippen LogP contribution < -0.4 is 10.7 Å². The van der Waals surface area contributed by atoms with Crippen molar-refractivity contribution in [3.63, 3.8) is 0 Å². The SMILES string of the molecule is Cc1cc(C)c(NCC(=O)N/N=C\c2c(C)nn(Cc3ccccc3)c2C)c(C)c1. The molecule has 1 aromatic heterocycles. The van der Waals surface area contributed by atoms with Crippen molar-refractivity contribution in [3.8, 4) is 0 Å². The van der Waals surface area contributed by atoms with E-state index >= 15 is 0 Å². The molecule has 2 N–H and O–H groups in total. The minimum Gasteiger partial charge on any atom is -0.376 e. The predicted molar refractivity (Wildman–Crippen MR) is 122 cm³/mol. The standard InChI is InChI=1S/C24H29N5O/c1-16-11-17(2)24(18(3)12-16)25-14-23(30)27-26-13-22-19(4)28-29(20(22)5)15-21-9-7-6-8-10-21/h6-13,25H,14-15H2,1-5H3,(H,27,30)/b26-13-. The van der Waals surface area contributed by atoms with Crippen LogP contribution in [0.5, 0.6) is 0 Å². The molecular weight excluding hydrogens is 374 g/mol. The zero-order valence-corrected chi connectivity index (χ0v) is 18.3. The minimum absolute atomic E-state index is 0.160. The largest absolute Gasteiger partial charge is 0.376 e. The van der Waals surface area contributed by atoms with Gasteiger partial charge in [-0.25, -0.2) is 5.43 Å². The zero-order valence-electron chi connectivity index (χ0n) is 18.3. The molecule has 6 heteroatoms. The highest BCUT2D eigenvalue weighted by Crippen LogP contribution is 2.21. The molecule has 0 fully saturated rings. The quantitative estimate of drug-likeness (QED) is 0.462. The maximum atomic E-state index is 12.2. The summed E-state index contributed by atoms with van der Waals surface area (Å²) >= 11 is 0. The summed E-state index contributed by atoms with van der Waals surface area (Å²) in [6.45, 7) is 11.0. The molecule has 30 heavy (non-hydrogen) atoms. The number of hydrogen-bond acceptors (Lipinski definition) is 4. The summed E-state index contributed by atoms with van der Waals surface area (Å²) in [5.41, 5.74) is 11.1. The van der Waals surface area contributed by atoms with Gasteiger partial charge >= 0.3 is 0 Å². The third-order valence-electron chi connectivity index (χ3n) is 5.10. The Bertz CT molecular complexity index is 1040. The van der Waals surface area contributed by atoms with Crippen molar-refractivity contribution in [2.24, 2.45) is 5.10 Å². The van der Waals surface area contributed by atoms with E-state index in [-0.39, 0.29) is 12.5 Å². The first-order chi connectivity index (χ1) is 14.3. The molecule has 0 spiro atoms. The minimum atomic E-state index is -0.197. The Morgan fingerprint density at radius 1 is 1.07 bits per heavy atom. The lowest BCUT2D eigenvalue weighted by molar-refractivity contribution is -0.119. The van der Waals surface area contributed by atoms with Crippen molar-refractivity contribution in [3.05, 3.63) is 81.7 Å². The van der Waals surface area contributed by atoms with E-state index in [0.29, 0.717) is 6.54 Å². The molecule has 0 aliphatic rings. The van der Waals surface area contributed by atoms with Crippen LogP contribution in [0, 0.1) is 34.6 Å². The van der Waals surface area contributed by atoms with Crippen LogP contribution in [0.2, 0.25) is 0 Å². The lowest BCUT2D eigenvalue weighted by atomic mass is 10.1. The van der Waals surface area contributed by atoms with Crippen LogP contribution in [0.15, 0.2) is 47.6 Å². The monoisotopic (exact) mass is 403 g/mol. The van der Waals surface area contributed by atoms with Crippen molar-refractivity contribution in [1.82, 2.24) is 15.2 Å². The molecule has 0 radical (unpaired) electrons. The van der Waals surface area contributed by atoms with Crippen molar-refractivity contribution < 1.29 is 4.79 Å². The molecule has 0 aliphatic carbocycles. The molecule has 0 aliphatic heterocycles. The summed E-state index contributed by atoms with van der Waals surface area (Å²) in [4.78, 5) is 12.2. The van der Waals surface area contributed by atoms with Gasteiger partial charge in [-0.2, -0.15) is 10.2 Å². The highest BCUT2D eigenvalue weighted by molar-refractivity contribution is 5.86. The van der Waals surface area contributed by atoms with Gasteiger partial charge in [0.2, 0.25) is 0 Å². The van der Waals surface area contributed by atoms with E-state index in [4.69, 9.17) is 0 Å². The van der Waals surface area contributed by atoms with Gasteiger partial charge in [0, 0.05) is 16.9 Å². The van der Waals surface area contributed by atoms with E-state index in [0.717, 1.165) is 33.8 Å². The molecule has 0 bridgehead atoms. The number of nitrogens with one attached hydrogen (secondary N) is 2. The fourth-order valence-electron chi connectivity index (χ4n) is 3.64. The number of aryl methyl sites for hydroxylation is 4. The van der Waals surface area contributed by atoms with Gasteiger partial charge in [-0.1, -0.05) is 48.0 Å². The lowest BCUT2D eigenvalue weighted by Crippen LogP contribution is -2.26. The molecule has 1 heterocycles. The molecule has 156 valence electrons. The van der Waals surface area contributed by atoms with Crippen LogP contribution >= 0.6 is 0 Å². The highest BCUT2D eigenvalue weighted by Gasteiger charge is 2.10. The molecule has 1 amide bonds. The summed E-state index contributed by atoms with van der Waals surface area (Å²) in [5.74, 6) is -0.197. The van der Waals surface area contributed by atoms with Crippen LogP contribution in [0.1, 0.15) is 39.2 Å². The average Bonchev–Trinajstić information content (AvgIpc) is 2.95. The number of nitrogens with zero attached hydrogens (tertiary/aromatic N) is 3. The van der Waals surface area contributed by atoms with Gasteiger partial charge in [-0.15, -0.1) is 0 Å². The third-order valence-corrected chi connectivity index (χ3v) is 5.10. The molecule has 2 aromatic carbocycles. The molecule has 6 nitrogen and oxygen atoms in total. The summed E-state index contributed by atoms with van der Waals surface area (Å²) in [6.07, 6.45) is 1.67. The molecule has 3 aromatic rings. The van der Waals surface area contributed by atoms with Crippen LogP contribution in [0.3, 0.4) is 0 Å². The number of hydrogen-bond donors (Lipinski definition) is 2. The van der Waals surface area contributed by atoms with Crippen LogP contribution in [0.25, 0.3) is 0 Å². The van der Waals surface area contributed by atoms with E-state index in [9.17, 15) is 4.79 Å². The smallest absolute Gasteiger partial charge is 0.259 e. The van der Waals surface area contributed by atoms with Gasteiger partial charge in [0.05, 0.1) is 25.0 Å². The molecular formula is C24H29N5O. The molecule has 3 rings (SSSR count). The Balaban J connectivity index is 1.59. The number of carbonyl (C=O) groups excluding carboxylic acids is 1. The Kier molecular flexibility index (Phi) is 6.67. The molecule has 0 saturated heterocycles. The number of carbonyl (C=O) groups is 1. The van der Waals surface area contributed by atoms with Crippen LogP contribution in [-0.4, -0.2) is 28.4 Å². The van der Waals surface area contributed by atoms with Gasteiger partial charge < -0.3 is 5.32 Å². The maximum absolute atomic E-state index is 12.2. The summed E-state index contributed by atoms with van der Waals surface area (Å²) in [6, 6.07) is 14.4. The number of amides is 1. The Morgan fingerprint density at radius 3 is 2.40 bits per heavy atom. The first kappa shape index (κ1) is 21.3. The Labute approximate surface area is 178 Å². The number of aromatic nitrogens is 2. The number of hydrazone groups is 1. The van der Waals surface area contributed by atoms with Crippen LogP contribution in [0.4, 0.5) is 5.69 Å².